The molecule has 1 aromatic carbocycles. The standard InChI is InChI=1S/C27H29N7O/c1-16-8-9-19(15-29-16)17(2)22-21-24(32-31-22)30-26(33(3)25(21)35)34-12-10-27(11-13-34)14-18-6-4-5-7-20(18)23(27)28/h4-9,15,23H,2,10-14,28H2,1,3H3,(H,31,32)/t23-/m1/s1. The number of hydrogen-bond donors (Lipinski definition) is 2. The van der Waals surface area contributed by atoms with E-state index in [0.29, 0.717) is 28.2 Å². The van der Waals surface area contributed by atoms with E-state index in [-0.39, 0.29) is 17.0 Å². The number of pyridine rings is 1. The van der Waals surface area contributed by atoms with Crippen LogP contribution >= 0.6 is 0 Å². The van der Waals surface area contributed by atoms with Crippen LogP contribution in [0.2, 0.25) is 0 Å². The van der Waals surface area contributed by atoms with Gasteiger partial charge in [-0.2, -0.15) is 10.1 Å². The second kappa shape index (κ2) is 7.88. The molecule has 0 unspecified atom stereocenters. The first-order chi connectivity index (χ1) is 16.9. The highest BCUT2D eigenvalue weighted by molar-refractivity contribution is 5.92. The Labute approximate surface area is 203 Å². The average molecular weight is 468 g/mol. The van der Waals surface area contributed by atoms with Crippen LogP contribution in [0, 0.1) is 12.3 Å². The lowest BCUT2D eigenvalue weighted by Gasteiger charge is -2.42. The van der Waals surface area contributed by atoms with Gasteiger partial charge >= 0.3 is 0 Å². The molecule has 178 valence electrons. The first-order valence-electron chi connectivity index (χ1n) is 12.0. The van der Waals surface area contributed by atoms with Crippen LogP contribution in [0.25, 0.3) is 16.6 Å². The number of aromatic nitrogens is 5. The molecule has 4 heterocycles. The highest BCUT2D eigenvalue weighted by Crippen LogP contribution is 2.50. The molecule has 3 aromatic heterocycles. The molecule has 6 rings (SSSR count). The molecule has 0 amide bonds. The van der Waals surface area contributed by atoms with Gasteiger partial charge in [-0.1, -0.05) is 36.9 Å². The highest BCUT2D eigenvalue weighted by atomic mass is 16.1. The molecular weight excluding hydrogens is 438 g/mol. The minimum atomic E-state index is -0.139. The van der Waals surface area contributed by atoms with Crippen LogP contribution in [-0.4, -0.2) is 37.8 Å². The van der Waals surface area contributed by atoms with Gasteiger partial charge in [0.05, 0.1) is 0 Å². The number of aromatic amines is 1. The quantitative estimate of drug-likeness (QED) is 0.479. The van der Waals surface area contributed by atoms with Crippen molar-refractivity contribution in [2.75, 3.05) is 18.0 Å². The number of piperidine rings is 1. The number of anilines is 1. The van der Waals surface area contributed by atoms with E-state index in [0.717, 1.165) is 43.6 Å². The molecule has 8 heteroatoms. The number of nitrogens with one attached hydrogen (secondary N) is 1. The zero-order valence-corrected chi connectivity index (χ0v) is 20.1. The third-order valence-electron chi connectivity index (χ3n) is 7.96. The molecule has 8 nitrogen and oxygen atoms in total. The minimum Gasteiger partial charge on any atom is -0.342 e. The molecule has 1 aliphatic carbocycles. The van der Waals surface area contributed by atoms with Crippen LogP contribution in [0.15, 0.2) is 54.0 Å². The Morgan fingerprint density at radius 2 is 1.97 bits per heavy atom. The van der Waals surface area contributed by atoms with E-state index in [1.807, 2.05) is 19.1 Å². The Balaban J connectivity index is 1.29. The number of fused-ring (bicyclic) bond motifs is 2. The Hall–Kier alpha value is -3.78. The maximum Gasteiger partial charge on any atom is 0.266 e. The lowest BCUT2D eigenvalue weighted by atomic mass is 9.73. The van der Waals surface area contributed by atoms with Crippen molar-refractivity contribution in [3.63, 3.8) is 0 Å². The van der Waals surface area contributed by atoms with Gasteiger partial charge in [-0.25, -0.2) is 0 Å². The predicted molar refractivity (Wildman–Crippen MR) is 137 cm³/mol. The normalized spacial score (nSPS) is 18.8. The van der Waals surface area contributed by atoms with Crippen LogP contribution in [0.5, 0.6) is 0 Å². The van der Waals surface area contributed by atoms with Crippen LogP contribution in [0.3, 0.4) is 0 Å². The van der Waals surface area contributed by atoms with Gasteiger partial charge in [-0.3, -0.25) is 19.4 Å². The van der Waals surface area contributed by atoms with E-state index >= 15 is 0 Å². The van der Waals surface area contributed by atoms with Crippen molar-refractivity contribution < 1.29 is 0 Å². The van der Waals surface area contributed by atoms with Gasteiger partial charge in [0.15, 0.2) is 5.65 Å². The van der Waals surface area contributed by atoms with E-state index in [4.69, 9.17) is 10.7 Å². The molecule has 1 saturated heterocycles. The summed E-state index contributed by atoms with van der Waals surface area (Å²) in [6, 6.07) is 12.4. The van der Waals surface area contributed by atoms with E-state index in [1.165, 1.54) is 11.1 Å². The van der Waals surface area contributed by atoms with Crippen molar-refractivity contribution in [3.05, 3.63) is 87.6 Å². The van der Waals surface area contributed by atoms with Crippen LogP contribution in [0.4, 0.5) is 5.95 Å². The summed E-state index contributed by atoms with van der Waals surface area (Å²) < 4.78 is 1.63. The molecule has 3 N–H and O–H groups in total. The molecule has 4 aromatic rings. The topological polar surface area (TPSA) is 106 Å². The van der Waals surface area contributed by atoms with Crippen LogP contribution in [0.1, 0.15) is 47.0 Å². The summed E-state index contributed by atoms with van der Waals surface area (Å²) in [4.78, 5) is 24.8. The Morgan fingerprint density at radius 3 is 2.69 bits per heavy atom. The Bertz CT molecular complexity index is 1510. The van der Waals surface area contributed by atoms with Gasteiger partial charge in [0.2, 0.25) is 5.95 Å². The summed E-state index contributed by atoms with van der Waals surface area (Å²) in [6.45, 7) is 7.71. The maximum absolute atomic E-state index is 13.5. The first-order valence-corrected chi connectivity index (χ1v) is 12.0. The van der Waals surface area contributed by atoms with Crippen molar-refractivity contribution in [1.82, 2.24) is 24.7 Å². The summed E-state index contributed by atoms with van der Waals surface area (Å²) >= 11 is 0. The highest BCUT2D eigenvalue weighted by Gasteiger charge is 2.46. The number of hydrogen-bond acceptors (Lipinski definition) is 6. The van der Waals surface area contributed by atoms with Gasteiger partial charge in [-0.05, 0) is 48.8 Å². The zero-order chi connectivity index (χ0) is 24.3. The number of rotatable bonds is 3. The fourth-order valence-corrected chi connectivity index (χ4v) is 5.79. The molecule has 1 spiro atoms. The number of nitrogens with two attached hydrogens (primary N) is 1. The van der Waals surface area contributed by atoms with Gasteiger partial charge in [0, 0.05) is 49.2 Å². The molecule has 2 aliphatic rings. The SMILES string of the molecule is C=C(c1ccc(C)nc1)c1n[nH]c2nc(N3CCC4(CC3)Cc3ccccc3[C@H]4N)n(C)c(=O)c12. The molecule has 1 atom stereocenters. The summed E-state index contributed by atoms with van der Waals surface area (Å²) in [5, 5.41) is 7.82. The first kappa shape index (κ1) is 21.7. The summed E-state index contributed by atoms with van der Waals surface area (Å²) in [6.07, 6.45) is 4.69. The fourth-order valence-electron chi connectivity index (χ4n) is 5.79. The summed E-state index contributed by atoms with van der Waals surface area (Å²) in [7, 11) is 1.78. The van der Waals surface area contributed by atoms with Gasteiger partial charge in [0.1, 0.15) is 11.1 Å². The zero-order valence-electron chi connectivity index (χ0n) is 20.1. The van der Waals surface area contributed by atoms with Crippen molar-refractivity contribution in [2.24, 2.45) is 18.2 Å². The fraction of sp³-hybridized carbons (Fsp3) is 0.333. The Morgan fingerprint density at radius 1 is 1.20 bits per heavy atom. The second-order valence-electron chi connectivity index (χ2n) is 9.94. The summed E-state index contributed by atoms with van der Waals surface area (Å²) in [5.41, 5.74) is 12.7. The van der Waals surface area contributed by atoms with Crippen LogP contribution in [-0.2, 0) is 13.5 Å². The molecule has 1 fully saturated rings. The van der Waals surface area contributed by atoms with Crippen molar-refractivity contribution in [3.8, 4) is 0 Å². The number of H-pyrrole nitrogens is 1. The third-order valence-corrected chi connectivity index (χ3v) is 7.96. The molecule has 35 heavy (non-hydrogen) atoms. The molecule has 0 radical (unpaired) electrons. The van der Waals surface area contributed by atoms with Crippen molar-refractivity contribution in [2.45, 2.75) is 32.2 Å². The van der Waals surface area contributed by atoms with Gasteiger partial charge < -0.3 is 10.6 Å². The molecule has 0 bridgehead atoms. The predicted octanol–water partition coefficient (Wildman–Crippen LogP) is 3.26. The van der Waals surface area contributed by atoms with Crippen LogP contribution < -0.4 is 16.2 Å². The van der Waals surface area contributed by atoms with E-state index in [2.05, 4.69) is 50.9 Å². The van der Waals surface area contributed by atoms with Gasteiger partial charge in [0.25, 0.3) is 5.56 Å². The minimum absolute atomic E-state index is 0.0533. The molecular formula is C27H29N7O. The number of nitrogens with zero attached hydrogens (tertiary/aromatic N) is 5. The number of benzene rings is 1. The van der Waals surface area contributed by atoms with Crippen molar-refractivity contribution >= 4 is 22.6 Å². The Kier molecular flexibility index (Phi) is 4.89. The number of aryl methyl sites for hydroxylation is 1. The molecule has 1 aliphatic heterocycles. The average Bonchev–Trinajstić information content (AvgIpc) is 3.42. The largest absolute Gasteiger partial charge is 0.342 e. The molecule has 0 saturated carbocycles. The van der Waals surface area contributed by atoms with E-state index in [1.54, 1.807) is 17.8 Å². The second-order valence-corrected chi connectivity index (χ2v) is 9.94. The van der Waals surface area contributed by atoms with E-state index < -0.39 is 0 Å². The third kappa shape index (κ3) is 3.31. The lowest BCUT2D eigenvalue weighted by molar-refractivity contribution is 0.186. The summed E-state index contributed by atoms with van der Waals surface area (Å²) in [5.74, 6) is 0.652. The van der Waals surface area contributed by atoms with E-state index in [9.17, 15) is 4.79 Å². The van der Waals surface area contributed by atoms with Gasteiger partial charge in [-0.15, -0.1) is 0 Å². The smallest absolute Gasteiger partial charge is 0.266 e. The monoisotopic (exact) mass is 467 g/mol. The van der Waals surface area contributed by atoms with Crippen molar-refractivity contribution in [1.29, 1.82) is 0 Å². The lowest BCUT2D eigenvalue weighted by Crippen LogP contribution is -2.46. The maximum atomic E-state index is 13.5.